The molecule has 1 aliphatic carbocycles. The molecular formula is C14H16O3. The van der Waals surface area contributed by atoms with Gasteiger partial charge in [0.25, 0.3) is 0 Å². The first-order valence-corrected chi connectivity index (χ1v) is 5.77. The summed E-state index contributed by atoms with van der Waals surface area (Å²) in [6, 6.07) is 3.38. The first-order valence-electron chi connectivity index (χ1n) is 5.77. The molecule has 2 rings (SSSR count). The Morgan fingerprint density at radius 3 is 2.76 bits per heavy atom. The van der Waals surface area contributed by atoms with Crippen LogP contribution in [0.4, 0.5) is 0 Å². The van der Waals surface area contributed by atoms with Crippen LogP contribution in [0.3, 0.4) is 0 Å². The van der Waals surface area contributed by atoms with Gasteiger partial charge in [-0.05, 0) is 49.5 Å². The van der Waals surface area contributed by atoms with E-state index in [1.54, 1.807) is 19.2 Å². The molecule has 0 heterocycles. The average molecular weight is 232 g/mol. The van der Waals surface area contributed by atoms with E-state index in [9.17, 15) is 9.90 Å². The number of rotatable bonds is 2. The monoisotopic (exact) mass is 232 g/mol. The number of carboxylic acid groups (broad SMARTS) is 1. The molecule has 0 atom stereocenters. The zero-order valence-corrected chi connectivity index (χ0v) is 10.1. The van der Waals surface area contributed by atoms with Crippen LogP contribution in [0.15, 0.2) is 18.2 Å². The van der Waals surface area contributed by atoms with E-state index in [4.69, 9.17) is 4.74 Å². The second kappa shape index (κ2) is 4.62. The number of hydrogen-bond acceptors (Lipinski definition) is 2. The summed E-state index contributed by atoms with van der Waals surface area (Å²) >= 11 is 0. The van der Waals surface area contributed by atoms with E-state index in [2.05, 4.69) is 0 Å². The molecule has 0 amide bonds. The van der Waals surface area contributed by atoms with Crippen LogP contribution in [0, 0.1) is 0 Å². The Hall–Kier alpha value is -1.77. The van der Waals surface area contributed by atoms with Crippen molar-refractivity contribution in [2.24, 2.45) is 0 Å². The van der Waals surface area contributed by atoms with Crippen LogP contribution in [0.5, 0.6) is 5.75 Å². The summed E-state index contributed by atoms with van der Waals surface area (Å²) in [5.74, 6) is -0.0748. The van der Waals surface area contributed by atoms with Crippen molar-refractivity contribution in [1.82, 2.24) is 0 Å². The highest BCUT2D eigenvalue weighted by atomic mass is 16.5. The van der Waals surface area contributed by atoms with Crippen molar-refractivity contribution in [1.29, 1.82) is 0 Å². The van der Waals surface area contributed by atoms with Gasteiger partial charge in [0.05, 0.1) is 12.7 Å². The second-order valence-electron chi connectivity index (χ2n) is 4.14. The van der Waals surface area contributed by atoms with E-state index in [1.165, 1.54) is 0 Å². The first kappa shape index (κ1) is 11.7. The first-order chi connectivity index (χ1) is 8.19. The molecular weight excluding hydrogens is 216 g/mol. The van der Waals surface area contributed by atoms with Crippen molar-refractivity contribution in [2.75, 3.05) is 7.11 Å². The van der Waals surface area contributed by atoms with E-state index >= 15 is 0 Å². The van der Waals surface area contributed by atoms with E-state index < -0.39 is 5.97 Å². The van der Waals surface area contributed by atoms with Crippen LogP contribution in [0.25, 0.3) is 5.57 Å². The zero-order valence-electron chi connectivity index (χ0n) is 10.1. The van der Waals surface area contributed by atoms with Crippen molar-refractivity contribution in [3.63, 3.8) is 0 Å². The largest absolute Gasteiger partial charge is 0.496 e. The molecule has 0 spiro atoms. The molecule has 1 aromatic carbocycles. The molecule has 0 saturated carbocycles. The van der Waals surface area contributed by atoms with Crippen LogP contribution in [0.2, 0.25) is 0 Å². The van der Waals surface area contributed by atoms with Crippen LogP contribution < -0.4 is 4.74 Å². The maximum absolute atomic E-state index is 11.3. The molecule has 0 aromatic heterocycles. The fourth-order valence-corrected chi connectivity index (χ4v) is 2.48. The van der Waals surface area contributed by atoms with Crippen molar-refractivity contribution in [2.45, 2.75) is 26.2 Å². The molecule has 1 aromatic rings. The minimum atomic E-state index is -0.870. The predicted octanol–water partition coefficient (Wildman–Crippen LogP) is 3.13. The predicted molar refractivity (Wildman–Crippen MR) is 66.5 cm³/mol. The Morgan fingerprint density at radius 2 is 2.18 bits per heavy atom. The number of methoxy groups -OCH3 is 1. The molecule has 0 saturated heterocycles. The van der Waals surface area contributed by atoms with Gasteiger partial charge in [0.15, 0.2) is 0 Å². The van der Waals surface area contributed by atoms with Gasteiger partial charge in [-0.1, -0.05) is 6.08 Å². The van der Waals surface area contributed by atoms with Gasteiger partial charge in [0.2, 0.25) is 0 Å². The van der Waals surface area contributed by atoms with Gasteiger partial charge < -0.3 is 9.84 Å². The Morgan fingerprint density at radius 1 is 1.41 bits per heavy atom. The Balaban J connectivity index is 2.71. The minimum Gasteiger partial charge on any atom is -0.496 e. The van der Waals surface area contributed by atoms with Gasteiger partial charge in [-0.3, -0.25) is 0 Å². The van der Waals surface area contributed by atoms with Gasteiger partial charge >= 0.3 is 5.97 Å². The van der Waals surface area contributed by atoms with Gasteiger partial charge in [-0.2, -0.15) is 0 Å². The summed E-state index contributed by atoms with van der Waals surface area (Å²) in [4.78, 5) is 11.3. The van der Waals surface area contributed by atoms with Crippen LogP contribution in [-0.2, 0) is 6.42 Å². The Kier molecular flexibility index (Phi) is 3.18. The number of benzene rings is 1. The number of ether oxygens (including phenoxy) is 1. The highest BCUT2D eigenvalue weighted by Crippen LogP contribution is 2.38. The number of fused-ring (bicyclic) bond motifs is 1. The summed E-state index contributed by atoms with van der Waals surface area (Å²) < 4.78 is 5.32. The molecule has 17 heavy (non-hydrogen) atoms. The van der Waals surface area contributed by atoms with E-state index in [-0.39, 0.29) is 0 Å². The maximum atomic E-state index is 11.3. The van der Waals surface area contributed by atoms with Crippen molar-refractivity contribution in [3.05, 3.63) is 34.9 Å². The lowest BCUT2D eigenvalue weighted by atomic mass is 9.83. The van der Waals surface area contributed by atoms with Gasteiger partial charge in [0, 0.05) is 5.56 Å². The molecule has 0 bridgehead atoms. The summed E-state index contributed by atoms with van der Waals surface area (Å²) in [5, 5.41) is 9.25. The summed E-state index contributed by atoms with van der Waals surface area (Å²) in [7, 11) is 1.62. The van der Waals surface area contributed by atoms with E-state index in [0.29, 0.717) is 5.56 Å². The van der Waals surface area contributed by atoms with Crippen LogP contribution in [0.1, 0.15) is 41.3 Å². The normalized spacial score (nSPS) is 16.7. The number of carbonyl (C=O) groups is 1. The highest BCUT2D eigenvalue weighted by molar-refractivity contribution is 5.96. The van der Waals surface area contributed by atoms with Crippen molar-refractivity contribution < 1.29 is 14.6 Å². The molecule has 0 fully saturated rings. The lowest BCUT2D eigenvalue weighted by molar-refractivity contribution is 0.0696. The molecule has 90 valence electrons. The topological polar surface area (TPSA) is 46.5 Å². The fourth-order valence-electron chi connectivity index (χ4n) is 2.48. The van der Waals surface area contributed by atoms with Crippen molar-refractivity contribution >= 4 is 11.5 Å². The standard InChI is InChI=1S/C14H16O3/c1-3-9-5-4-6-10-12(17-2)8-7-11(13(9)10)14(15)16/h3,7-8H,4-6H2,1-2H3,(H,15,16). The average Bonchev–Trinajstić information content (AvgIpc) is 2.36. The third-order valence-corrected chi connectivity index (χ3v) is 3.26. The molecule has 0 unspecified atom stereocenters. The van der Waals surface area contributed by atoms with Crippen LogP contribution in [-0.4, -0.2) is 18.2 Å². The maximum Gasteiger partial charge on any atom is 0.336 e. The quantitative estimate of drug-likeness (QED) is 0.852. The summed E-state index contributed by atoms with van der Waals surface area (Å²) in [5.41, 5.74) is 3.40. The Labute approximate surface area is 101 Å². The van der Waals surface area contributed by atoms with E-state index in [0.717, 1.165) is 41.7 Å². The summed E-state index contributed by atoms with van der Waals surface area (Å²) in [6.07, 6.45) is 4.88. The third kappa shape index (κ3) is 1.93. The lowest BCUT2D eigenvalue weighted by Gasteiger charge is -2.23. The second-order valence-corrected chi connectivity index (χ2v) is 4.14. The Bertz CT molecular complexity index is 486. The number of aromatic carboxylic acids is 1. The zero-order chi connectivity index (χ0) is 12.4. The van der Waals surface area contributed by atoms with Gasteiger partial charge in [0.1, 0.15) is 5.75 Å². The molecule has 3 heteroatoms. The third-order valence-electron chi connectivity index (χ3n) is 3.26. The van der Waals surface area contributed by atoms with E-state index in [1.807, 2.05) is 13.0 Å². The number of allylic oxidation sites excluding steroid dienone is 2. The SMILES string of the molecule is CC=C1CCCc2c(OC)ccc(C(=O)O)c21. The molecule has 1 N–H and O–H groups in total. The fraction of sp³-hybridized carbons (Fsp3) is 0.357. The molecule has 3 nitrogen and oxygen atoms in total. The van der Waals surface area contributed by atoms with Crippen molar-refractivity contribution in [3.8, 4) is 5.75 Å². The highest BCUT2D eigenvalue weighted by Gasteiger charge is 2.23. The molecule has 0 aliphatic heterocycles. The van der Waals surface area contributed by atoms with Gasteiger partial charge in [-0.25, -0.2) is 4.79 Å². The smallest absolute Gasteiger partial charge is 0.336 e. The molecule has 1 aliphatic rings. The number of carboxylic acids is 1. The molecule has 0 radical (unpaired) electrons. The number of hydrogen-bond donors (Lipinski definition) is 1. The minimum absolute atomic E-state index is 0.383. The van der Waals surface area contributed by atoms with Crippen LogP contribution >= 0.6 is 0 Å². The van der Waals surface area contributed by atoms with Gasteiger partial charge in [-0.15, -0.1) is 0 Å². The summed E-state index contributed by atoms with van der Waals surface area (Å²) in [6.45, 7) is 1.95. The lowest BCUT2D eigenvalue weighted by Crippen LogP contribution is -2.11.